The number of benzene rings is 2. The van der Waals surface area contributed by atoms with Crippen LogP contribution < -0.4 is 15.8 Å². The van der Waals surface area contributed by atoms with Gasteiger partial charge in [0.15, 0.2) is 0 Å². The van der Waals surface area contributed by atoms with E-state index in [0.29, 0.717) is 11.4 Å². The summed E-state index contributed by atoms with van der Waals surface area (Å²) >= 11 is 3.48. The number of likely N-dealkylation sites (tertiary alicyclic amines) is 1. The summed E-state index contributed by atoms with van der Waals surface area (Å²) in [4.78, 5) is 11.1. The van der Waals surface area contributed by atoms with E-state index in [1.165, 1.54) is 0 Å². The molecule has 2 aromatic carbocycles. The van der Waals surface area contributed by atoms with Crippen LogP contribution in [0, 0.1) is 0 Å². The molecule has 0 radical (unpaired) electrons. The van der Waals surface area contributed by atoms with Crippen molar-refractivity contribution in [3.8, 4) is 5.75 Å². The first kappa shape index (κ1) is 18.0. The molecule has 140 valence electrons. The number of nitrogens with two attached hydrogens (primary N) is 1. The predicted octanol–water partition coefficient (Wildman–Crippen LogP) is 4.19. The Labute approximate surface area is 166 Å². The predicted molar refractivity (Wildman–Crippen MR) is 113 cm³/mol. The normalized spacial score (nSPS) is 15.8. The summed E-state index contributed by atoms with van der Waals surface area (Å²) in [6, 6.07) is 11.7. The smallest absolute Gasteiger partial charge is 0.144 e. The van der Waals surface area contributed by atoms with Crippen molar-refractivity contribution in [1.82, 2.24) is 14.9 Å². The van der Waals surface area contributed by atoms with E-state index >= 15 is 0 Å². The van der Waals surface area contributed by atoms with E-state index in [9.17, 15) is 0 Å². The van der Waals surface area contributed by atoms with Crippen LogP contribution in [0.2, 0.25) is 0 Å². The van der Waals surface area contributed by atoms with Crippen LogP contribution in [0.15, 0.2) is 47.2 Å². The van der Waals surface area contributed by atoms with Crippen LogP contribution in [0.1, 0.15) is 12.8 Å². The molecule has 1 saturated heterocycles. The van der Waals surface area contributed by atoms with Gasteiger partial charge >= 0.3 is 0 Å². The van der Waals surface area contributed by atoms with E-state index in [1.54, 1.807) is 6.33 Å². The van der Waals surface area contributed by atoms with Crippen LogP contribution in [0.3, 0.4) is 0 Å². The van der Waals surface area contributed by atoms with E-state index < -0.39 is 0 Å². The van der Waals surface area contributed by atoms with Gasteiger partial charge in [-0.2, -0.15) is 0 Å². The number of nitrogens with zero attached hydrogens (tertiary/aromatic N) is 3. The SMILES string of the molecule is CN1CCC(Oc2cc3ncnc(Nc4cccc(Br)c4)c3cc2N)CC1. The average molecular weight is 428 g/mol. The Balaban J connectivity index is 1.61. The summed E-state index contributed by atoms with van der Waals surface area (Å²) in [7, 11) is 2.14. The lowest BCUT2D eigenvalue weighted by Crippen LogP contribution is -2.35. The number of anilines is 3. The summed E-state index contributed by atoms with van der Waals surface area (Å²) in [6.07, 6.45) is 3.76. The molecule has 0 bridgehead atoms. The average Bonchev–Trinajstić information content (AvgIpc) is 2.65. The highest BCUT2D eigenvalue weighted by Crippen LogP contribution is 2.33. The second kappa shape index (κ2) is 7.70. The summed E-state index contributed by atoms with van der Waals surface area (Å²) in [5.74, 6) is 1.42. The lowest BCUT2D eigenvalue weighted by molar-refractivity contribution is 0.115. The van der Waals surface area contributed by atoms with Crippen LogP contribution in [0.5, 0.6) is 5.75 Å². The Morgan fingerprint density at radius 3 is 2.78 bits per heavy atom. The summed E-state index contributed by atoms with van der Waals surface area (Å²) < 4.78 is 7.18. The van der Waals surface area contributed by atoms with Crippen molar-refractivity contribution in [3.63, 3.8) is 0 Å². The van der Waals surface area contributed by atoms with Gasteiger partial charge in [-0.1, -0.05) is 22.0 Å². The Hall–Kier alpha value is -2.38. The van der Waals surface area contributed by atoms with Crippen molar-refractivity contribution in [1.29, 1.82) is 0 Å². The molecule has 0 amide bonds. The lowest BCUT2D eigenvalue weighted by atomic mass is 10.1. The van der Waals surface area contributed by atoms with Gasteiger partial charge in [0.1, 0.15) is 24.0 Å². The first-order valence-corrected chi connectivity index (χ1v) is 9.80. The lowest BCUT2D eigenvalue weighted by Gasteiger charge is -2.29. The molecule has 27 heavy (non-hydrogen) atoms. The van der Waals surface area contributed by atoms with Crippen molar-refractivity contribution < 1.29 is 4.74 Å². The standard InChI is InChI=1S/C20H22BrN5O/c1-26-7-5-15(6-8-26)27-19-11-18-16(10-17(19)22)20(24-12-23-18)25-14-4-2-3-13(21)9-14/h2-4,9-12,15H,5-8,22H2,1H3,(H,23,24,25). The first-order valence-electron chi connectivity index (χ1n) is 9.00. The Morgan fingerprint density at radius 1 is 1.19 bits per heavy atom. The van der Waals surface area contributed by atoms with Crippen molar-refractivity contribution in [2.75, 3.05) is 31.2 Å². The molecule has 1 fully saturated rings. The summed E-state index contributed by atoms with van der Waals surface area (Å²) in [5, 5.41) is 4.20. The zero-order chi connectivity index (χ0) is 18.8. The Kier molecular flexibility index (Phi) is 5.13. The third-order valence-electron chi connectivity index (χ3n) is 4.81. The van der Waals surface area contributed by atoms with Gasteiger partial charge in [0.25, 0.3) is 0 Å². The van der Waals surface area contributed by atoms with Gasteiger partial charge in [0, 0.05) is 34.7 Å². The maximum Gasteiger partial charge on any atom is 0.144 e. The van der Waals surface area contributed by atoms with Gasteiger partial charge in [0.05, 0.1) is 11.2 Å². The third-order valence-corrected chi connectivity index (χ3v) is 5.31. The number of hydrogen-bond acceptors (Lipinski definition) is 6. The molecule has 3 aromatic rings. The van der Waals surface area contributed by atoms with Crippen LogP contribution in [-0.4, -0.2) is 41.1 Å². The highest BCUT2D eigenvalue weighted by Gasteiger charge is 2.19. The van der Waals surface area contributed by atoms with Gasteiger partial charge in [0.2, 0.25) is 0 Å². The number of piperidine rings is 1. The Bertz CT molecular complexity index is 956. The largest absolute Gasteiger partial charge is 0.488 e. The van der Waals surface area contributed by atoms with E-state index in [-0.39, 0.29) is 6.10 Å². The number of halogens is 1. The molecule has 1 aromatic heterocycles. The number of hydrogen-bond donors (Lipinski definition) is 2. The van der Waals surface area contributed by atoms with Gasteiger partial charge < -0.3 is 20.7 Å². The highest BCUT2D eigenvalue weighted by atomic mass is 79.9. The second-order valence-corrected chi connectivity index (χ2v) is 7.80. The van der Waals surface area contributed by atoms with E-state index in [1.807, 2.05) is 36.4 Å². The van der Waals surface area contributed by atoms with Crippen molar-refractivity contribution >= 4 is 44.0 Å². The Morgan fingerprint density at radius 2 is 2.00 bits per heavy atom. The third kappa shape index (κ3) is 4.14. The molecule has 3 N–H and O–H groups in total. The van der Waals surface area contributed by atoms with Gasteiger partial charge in [-0.3, -0.25) is 0 Å². The molecular weight excluding hydrogens is 406 g/mol. The van der Waals surface area contributed by atoms with Crippen molar-refractivity contribution in [3.05, 3.63) is 47.2 Å². The fourth-order valence-electron chi connectivity index (χ4n) is 3.29. The zero-order valence-electron chi connectivity index (χ0n) is 15.2. The number of aromatic nitrogens is 2. The van der Waals surface area contributed by atoms with Crippen LogP contribution in [-0.2, 0) is 0 Å². The van der Waals surface area contributed by atoms with Crippen LogP contribution >= 0.6 is 15.9 Å². The number of nitrogen functional groups attached to an aromatic ring is 1. The molecule has 1 aliphatic heterocycles. The second-order valence-electron chi connectivity index (χ2n) is 6.89. The molecular formula is C20H22BrN5O. The maximum atomic E-state index is 6.29. The molecule has 4 rings (SSSR count). The molecule has 0 saturated carbocycles. The molecule has 7 heteroatoms. The minimum atomic E-state index is 0.196. The minimum absolute atomic E-state index is 0.196. The number of nitrogens with one attached hydrogen (secondary N) is 1. The van der Waals surface area contributed by atoms with Crippen molar-refractivity contribution in [2.24, 2.45) is 0 Å². The molecule has 0 unspecified atom stereocenters. The minimum Gasteiger partial charge on any atom is -0.488 e. The number of ether oxygens (including phenoxy) is 1. The van der Waals surface area contributed by atoms with Crippen molar-refractivity contribution in [2.45, 2.75) is 18.9 Å². The maximum absolute atomic E-state index is 6.29. The van der Waals surface area contributed by atoms with E-state index in [2.05, 4.69) is 43.2 Å². The topological polar surface area (TPSA) is 76.3 Å². The molecule has 1 aliphatic rings. The fraction of sp³-hybridized carbons (Fsp3) is 0.300. The van der Waals surface area contributed by atoms with Crippen LogP contribution in [0.4, 0.5) is 17.2 Å². The summed E-state index contributed by atoms with van der Waals surface area (Å²) in [6.45, 7) is 2.09. The van der Waals surface area contributed by atoms with E-state index in [4.69, 9.17) is 10.5 Å². The first-order chi connectivity index (χ1) is 13.1. The van der Waals surface area contributed by atoms with Crippen LogP contribution in [0.25, 0.3) is 10.9 Å². The number of fused-ring (bicyclic) bond motifs is 1. The fourth-order valence-corrected chi connectivity index (χ4v) is 3.69. The molecule has 0 spiro atoms. The monoisotopic (exact) mass is 427 g/mol. The van der Waals surface area contributed by atoms with Gasteiger partial charge in [-0.25, -0.2) is 9.97 Å². The summed E-state index contributed by atoms with van der Waals surface area (Å²) in [5.41, 5.74) is 8.64. The van der Waals surface area contributed by atoms with Gasteiger partial charge in [-0.15, -0.1) is 0 Å². The number of rotatable bonds is 4. The highest BCUT2D eigenvalue weighted by molar-refractivity contribution is 9.10. The van der Waals surface area contributed by atoms with Gasteiger partial charge in [-0.05, 0) is 44.2 Å². The molecule has 2 heterocycles. The quantitative estimate of drug-likeness (QED) is 0.607. The zero-order valence-corrected chi connectivity index (χ0v) is 16.7. The molecule has 0 atom stereocenters. The molecule has 0 aliphatic carbocycles. The molecule has 6 nitrogen and oxygen atoms in total. The van der Waals surface area contributed by atoms with E-state index in [0.717, 1.165) is 52.8 Å².